The third kappa shape index (κ3) is 2.62. The molecule has 4 fully saturated rings. The van der Waals surface area contributed by atoms with Crippen LogP contribution in [-0.2, 0) is 0 Å². The molecule has 3 atom stereocenters. The first-order valence-electron chi connectivity index (χ1n) is 8.20. The van der Waals surface area contributed by atoms with Crippen LogP contribution in [-0.4, -0.2) is 60.2 Å². The molecule has 2 N–H and O–H groups in total. The highest BCUT2D eigenvalue weighted by Crippen LogP contribution is 2.40. The van der Waals surface area contributed by atoms with Crippen LogP contribution in [0.4, 0.5) is 5.69 Å². The van der Waals surface area contributed by atoms with Crippen LogP contribution >= 0.6 is 12.2 Å². The Labute approximate surface area is 137 Å². The molecule has 0 radical (unpaired) electrons. The van der Waals surface area contributed by atoms with Crippen molar-refractivity contribution in [2.45, 2.75) is 13.0 Å². The average Bonchev–Trinajstić information content (AvgIpc) is 2.71. The molecular weight excluding hydrogens is 292 g/mol. The number of benzene rings is 1. The van der Waals surface area contributed by atoms with Crippen molar-refractivity contribution in [2.24, 2.45) is 11.3 Å². The number of nitrogens with one attached hydrogen (secondary N) is 2. The molecule has 5 rings (SSSR count). The lowest BCUT2D eigenvalue weighted by atomic mass is 9.69. The zero-order chi connectivity index (χ0) is 15.2. The Morgan fingerprint density at radius 1 is 1.14 bits per heavy atom. The minimum atomic E-state index is 0.292. The molecule has 0 spiro atoms. The van der Waals surface area contributed by atoms with Gasteiger partial charge in [0.1, 0.15) is 0 Å². The molecule has 4 nitrogen and oxygen atoms in total. The fourth-order valence-electron chi connectivity index (χ4n) is 4.64. The third-order valence-corrected chi connectivity index (χ3v) is 5.65. The van der Waals surface area contributed by atoms with Gasteiger partial charge >= 0.3 is 0 Å². The number of hydrogen-bond acceptors (Lipinski definition) is 3. The molecule has 5 heteroatoms. The highest BCUT2D eigenvalue weighted by atomic mass is 32.1. The number of fused-ring (bicyclic) bond motifs is 1. The lowest BCUT2D eigenvalue weighted by Crippen LogP contribution is -2.67. The maximum absolute atomic E-state index is 5.57. The Hall–Kier alpha value is -1.17. The predicted octanol–water partition coefficient (Wildman–Crippen LogP) is 1.61. The molecule has 0 amide bonds. The molecule has 0 aromatic heterocycles. The number of hydrogen-bond donors (Lipinski definition) is 2. The largest absolute Gasteiger partial charge is 0.359 e. The second-order valence-electron chi connectivity index (χ2n) is 7.33. The van der Waals surface area contributed by atoms with Crippen molar-refractivity contribution in [3.05, 3.63) is 30.3 Å². The molecule has 4 bridgehead atoms. The van der Waals surface area contributed by atoms with Crippen molar-refractivity contribution in [1.82, 2.24) is 15.1 Å². The number of thiocarbonyl (C=S) groups is 1. The highest BCUT2D eigenvalue weighted by molar-refractivity contribution is 7.80. The highest BCUT2D eigenvalue weighted by Gasteiger charge is 2.51. The number of para-hydroxylation sites is 1. The van der Waals surface area contributed by atoms with E-state index in [-0.39, 0.29) is 0 Å². The van der Waals surface area contributed by atoms with E-state index < -0.39 is 0 Å². The fourth-order valence-corrected chi connectivity index (χ4v) is 4.89. The van der Waals surface area contributed by atoms with E-state index in [1.54, 1.807) is 0 Å². The minimum Gasteiger partial charge on any atom is -0.359 e. The van der Waals surface area contributed by atoms with Crippen LogP contribution in [0.25, 0.3) is 0 Å². The van der Waals surface area contributed by atoms with Gasteiger partial charge in [-0.15, -0.1) is 0 Å². The number of anilines is 1. The molecule has 118 valence electrons. The van der Waals surface area contributed by atoms with Crippen LogP contribution in [0.2, 0.25) is 0 Å². The topological polar surface area (TPSA) is 30.5 Å². The Bertz CT molecular complexity index is 545. The summed E-state index contributed by atoms with van der Waals surface area (Å²) >= 11 is 5.57. The second kappa shape index (κ2) is 5.48. The first-order valence-corrected chi connectivity index (χ1v) is 8.60. The summed E-state index contributed by atoms with van der Waals surface area (Å²) in [5.41, 5.74) is 1.35. The summed E-state index contributed by atoms with van der Waals surface area (Å²) < 4.78 is 0. The normalized spacial score (nSPS) is 39.3. The fraction of sp³-hybridized carbons (Fsp3) is 0.588. The monoisotopic (exact) mass is 316 g/mol. The van der Waals surface area contributed by atoms with Crippen LogP contribution in [0.5, 0.6) is 0 Å². The summed E-state index contributed by atoms with van der Waals surface area (Å²) in [6.45, 7) is 9.66. The first kappa shape index (κ1) is 14.4. The molecular formula is C17H24N4S. The summed E-state index contributed by atoms with van der Waals surface area (Å²) in [5.74, 6) is 0.672. The number of nitrogens with zero attached hydrogens (tertiary/aromatic N) is 2. The van der Waals surface area contributed by atoms with E-state index in [1.807, 2.05) is 18.2 Å². The molecule has 1 aromatic rings. The molecule has 0 saturated carbocycles. The Morgan fingerprint density at radius 2 is 1.77 bits per heavy atom. The summed E-state index contributed by atoms with van der Waals surface area (Å²) in [6, 6.07) is 10.7. The van der Waals surface area contributed by atoms with Crippen LogP contribution in [0.1, 0.15) is 6.92 Å². The van der Waals surface area contributed by atoms with E-state index in [0.29, 0.717) is 17.4 Å². The Balaban J connectivity index is 1.47. The quantitative estimate of drug-likeness (QED) is 0.810. The zero-order valence-electron chi connectivity index (χ0n) is 13.1. The van der Waals surface area contributed by atoms with Crippen molar-refractivity contribution in [1.29, 1.82) is 0 Å². The van der Waals surface area contributed by atoms with E-state index >= 15 is 0 Å². The van der Waals surface area contributed by atoms with Gasteiger partial charge in [0.25, 0.3) is 0 Å². The minimum absolute atomic E-state index is 0.292. The van der Waals surface area contributed by atoms with E-state index in [2.05, 4.69) is 39.5 Å². The van der Waals surface area contributed by atoms with Gasteiger partial charge in [-0.2, -0.15) is 0 Å². The van der Waals surface area contributed by atoms with E-state index in [1.165, 1.54) is 39.3 Å². The smallest absolute Gasteiger partial charge is 0.171 e. The van der Waals surface area contributed by atoms with Gasteiger partial charge in [0.05, 0.1) is 0 Å². The molecule has 2 unspecified atom stereocenters. The summed E-state index contributed by atoms with van der Waals surface area (Å²) in [7, 11) is 0. The van der Waals surface area contributed by atoms with Gasteiger partial charge in [-0.25, -0.2) is 0 Å². The summed E-state index contributed by atoms with van der Waals surface area (Å²) in [5, 5.41) is 7.73. The van der Waals surface area contributed by atoms with Crippen molar-refractivity contribution >= 4 is 23.0 Å². The summed E-state index contributed by atoms with van der Waals surface area (Å²) in [6.07, 6.45) is 0. The maximum atomic E-state index is 5.57. The van der Waals surface area contributed by atoms with Crippen LogP contribution in [0.3, 0.4) is 0 Å². The lowest BCUT2D eigenvalue weighted by Gasteiger charge is -2.54. The zero-order valence-corrected chi connectivity index (χ0v) is 13.9. The van der Waals surface area contributed by atoms with E-state index in [0.717, 1.165) is 10.8 Å². The van der Waals surface area contributed by atoms with Crippen LogP contribution in [0.15, 0.2) is 30.3 Å². The van der Waals surface area contributed by atoms with Crippen molar-refractivity contribution in [3.63, 3.8) is 0 Å². The SMILES string of the molecule is CC12CN3CCN(CC(C3)[C@H]1NC(=S)Nc1ccccc1)C2. The van der Waals surface area contributed by atoms with Crippen LogP contribution in [0, 0.1) is 11.3 Å². The summed E-state index contributed by atoms with van der Waals surface area (Å²) in [4.78, 5) is 5.28. The second-order valence-corrected chi connectivity index (χ2v) is 7.73. The van der Waals surface area contributed by atoms with Crippen molar-refractivity contribution in [2.75, 3.05) is 44.6 Å². The Kier molecular flexibility index (Phi) is 3.59. The lowest BCUT2D eigenvalue weighted by molar-refractivity contribution is -0.0121. The molecule has 4 saturated heterocycles. The van der Waals surface area contributed by atoms with Gasteiger partial charge < -0.3 is 20.4 Å². The standard InChI is InChI=1S/C17H24N4S/c1-17-11-20-7-8-21(12-17)10-13(9-20)15(17)19-16(22)18-14-5-3-2-4-6-14/h2-6,13,15H,7-12H2,1H3,(H2,18,19,22)/t13?,15-,17?/m1/s1. The van der Waals surface area contributed by atoms with Gasteiger partial charge in [-0.05, 0) is 24.4 Å². The van der Waals surface area contributed by atoms with Gasteiger partial charge in [-0.3, -0.25) is 0 Å². The number of piperidine rings is 2. The number of rotatable bonds is 2. The molecule has 0 aliphatic carbocycles. The first-order chi connectivity index (χ1) is 10.6. The Morgan fingerprint density at radius 3 is 2.36 bits per heavy atom. The molecule has 1 aromatic carbocycles. The van der Waals surface area contributed by atoms with Crippen molar-refractivity contribution < 1.29 is 0 Å². The van der Waals surface area contributed by atoms with E-state index in [9.17, 15) is 0 Å². The maximum Gasteiger partial charge on any atom is 0.171 e. The van der Waals surface area contributed by atoms with Gasteiger partial charge in [0, 0.05) is 62.3 Å². The molecule has 22 heavy (non-hydrogen) atoms. The van der Waals surface area contributed by atoms with Gasteiger partial charge in [0.2, 0.25) is 0 Å². The molecule has 4 aliphatic rings. The van der Waals surface area contributed by atoms with E-state index in [4.69, 9.17) is 12.2 Å². The third-order valence-electron chi connectivity index (χ3n) is 5.43. The molecule has 4 heterocycles. The average molecular weight is 316 g/mol. The van der Waals surface area contributed by atoms with Gasteiger partial charge in [0.15, 0.2) is 5.11 Å². The predicted molar refractivity (Wildman–Crippen MR) is 94.1 cm³/mol. The van der Waals surface area contributed by atoms with Crippen LogP contribution < -0.4 is 10.6 Å². The molecule has 4 aliphatic heterocycles. The van der Waals surface area contributed by atoms with Crippen molar-refractivity contribution in [3.8, 4) is 0 Å². The van der Waals surface area contributed by atoms with Gasteiger partial charge in [-0.1, -0.05) is 25.1 Å².